The van der Waals surface area contributed by atoms with E-state index < -0.39 is 0 Å². The Hall–Kier alpha value is -2.04. The molecule has 3 aliphatic rings. The van der Waals surface area contributed by atoms with Gasteiger partial charge in [0, 0.05) is 43.5 Å². The molecule has 0 aromatic heterocycles. The second kappa shape index (κ2) is 8.54. The fourth-order valence-electron chi connectivity index (χ4n) is 4.81. The molecule has 0 spiro atoms. The van der Waals surface area contributed by atoms with Gasteiger partial charge in [0.2, 0.25) is 11.8 Å². The molecule has 2 amide bonds. The first-order valence-electron chi connectivity index (χ1n) is 11.1. The van der Waals surface area contributed by atoms with Crippen molar-refractivity contribution in [3.63, 3.8) is 0 Å². The van der Waals surface area contributed by atoms with Crippen LogP contribution in [0, 0.1) is 11.8 Å². The number of hydrogen-bond acceptors (Lipinski definition) is 3. The third-order valence-electron chi connectivity index (χ3n) is 6.76. The van der Waals surface area contributed by atoms with Gasteiger partial charge in [-0.15, -0.1) is 0 Å². The summed E-state index contributed by atoms with van der Waals surface area (Å²) in [4.78, 5) is 29.4. The van der Waals surface area contributed by atoms with Crippen LogP contribution in [0.5, 0.6) is 0 Å². The van der Waals surface area contributed by atoms with E-state index in [4.69, 9.17) is 0 Å². The molecule has 5 nitrogen and oxygen atoms in total. The molecule has 1 aromatic carbocycles. The van der Waals surface area contributed by atoms with Gasteiger partial charge >= 0.3 is 0 Å². The monoisotopic (exact) mass is 383 g/mol. The maximum absolute atomic E-state index is 12.6. The Balaban J connectivity index is 1.35. The fourth-order valence-corrected chi connectivity index (χ4v) is 4.81. The predicted molar refractivity (Wildman–Crippen MR) is 113 cm³/mol. The summed E-state index contributed by atoms with van der Waals surface area (Å²) in [6, 6.07) is 8.61. The van der Waals surface area contributed by atoms with Crippen molar-refractivity contribution in [1.29, 1.82) is 0 Å². The second-order valence-corrected chi connectivity index (χ2v) is 8.93. The van der Waals surface area contributed by atoms with Gasteiger partial charge in [-0.25, -0.2) is 0 Å². The molecule has 3 fully saturated rings. The number of carbonyl (C=O) groups is 2. The molecule has 4 rings (SSSR count). The summed E-state index contributed by atoms with van der Waals surface area (Å²) in [6.45, 7) is 5.03. The third-order valence-corrected chi connectivity index (χ3v) is 6.76. The minimum atomic E-state index is -0.224. The lowest BCUT2D eigenvalue weighted by Gasteiger charge is -2.32. The van der Waals surface area contributed by atoms with E-state index in [1.165, 1.54) is 37.8 Å². The van der Waals surface area contributed by atoms with Gasteiger partial charge in [0.1, 0.15) is 0 Å². The van der Waals surface area contributed by atoms with Crippen LogP contribution in [0.25, 0.3) is 0 Å². The normalized spacial score (nSPS) is 24.6. The van der Waals surface area contributed by atoms with Crippen molar-refractivity contribution in [1.82, 2.24) is 5.32 Å². The lowest BCUT2D eigenvalue weighted by Crippen LogP contribution is -2.40. The molecule has 28 heavy (non-hydrogen) atoms. The molecular weight excluding hydrogens is 350 g/mol. The summed E-state index contributed by atoms with van der Waals surface area (Å²) in [5, 5.41) is 3.18. The number of anilines is 2. The third kappa shape index (κ3) is 4.34. The van der Waals surface area contributed by atoms with Crippen molar-refractivity contribution in [3.8, 4) is 0 Å². The number of nitrogens with zero attached hydrogens (tertiary/aromatic N) is 2. The molecule has 2 saturated heterocycles. The number of piperidine rings is 1. The molecule has 5 heteroatoms. The van der Waals surface area contributed by atoms with Crippen molar-refractivity contribution in [3.05, 3.63) is 24.3 Å². The molecule has 1 saturated carbocycles. The maximum atomic E-state index is 12.6. The zero-order valence-corrected chi connectivity index (χ0v) is 17.0. The number of rotatable bonds is 4. The Bertz CT molecular complexity index is 688. The summed E-state index contributed by atoms with van der Waals surface area (Å²) < 4.78 is 0. The van der Waals surface area contributed by atoms with Gasteiger partial charge < -0.3 is 15.1 Å². The van der Waals surface area contributed by atoms with E-state index >= 15 is 0 Å². The Labute approximate surface area is 168 Å². The summed E-state index contributed by atoms with van der Waals surface area (Å²) >= 11 is 0. The van der Waals surface area contributed by atoms with E-state index in [1.807, 2.05) is 12.1 Å². The first-order valence-corrected chi connectivity index (χ1v) is 11.1. The van der Waals surface area contributed by atoms with Crippen LogP contribution in [0.15, 0.2) is 24.3 Å². The molecule has 0 radical (unpaired) electrons. The molecule has 0 bridgehead atoms. The van der Waals surface area contributed by atoms with Gasteiger partial charge in [-0.2, -0.15) is 0 Å². The summed E-state index contributed by atoms with van der Waals surface area (Å²) in [5.74, 6) is 0.706. The van der Waals surface area contributed by atoms with E-state index in [0.717, 1.165) is 37.5 Å². The van der Waals surface area contributed by atoms with Crippen molar-refractivity contribution in [2.75, 3.05) is 29.4 Å². The predicted octanol–water partition coefficient (Wildman–Crippen LogP) is 3.72. The van der Waals surface area contributed by atoms with Crippen molar-refractivity contribution >= 4 is 23.2 Å². The highest BCUT2D eigenvalue weighted by molar-refractivity contribution is 6.00. The number of nitrogens with one attached hydrogen (secondary N) is 1. The van der Waals surface area contributed by atoms with Crippen LogP contribution in [0.4, 0.5) is 11.4 Å². The zero-order valence-electron chi connectivity index (χ0n) is 17.0. The average Bonchev–Trinajstić information content (AvgIpc) is 3.11. The van der Waals surface area contributed by atoms with Crippen molar-refractivity contribution in [2.45, 2.75) is 64.3 Å². The van der Waals surface area contributed by atoms with Crippen LogP contribution >= 0.6 is 0 Å². The van der Waals surface area contributed by atoms with Gasteiger partial charge in [-0.05, 0) is 55.9 Å². The molecule has 1 aromatic rings. The first-order chi connectivity index (χ1) is 13.6. The summed E-state index contributed by atoms with van der Waals surface area (Å²) in [5.41, 5.74) is 2.14. The molecule has 152 valence electrons. The second-order valence-electron chi connectivity index (χ2n) is 8.93. The largest absolute Gasteiger partial charge is 0.372 e. The van der Waals surface area contributed by atoms with Gasteiger partial charge in [0.05, 0.1) is 5.92 Å². The number of hydrogen-bond donors (Lipinski definition) is 1. The van der Waals surface area contributed by atoms with Crippen molar-refractivity contribution in [2.24, 2.45) is 11.8 Å². The van der Waals surface area contributed by atoms with Crippen LogP contribution in [-0.4, -0.2) is 37.5 Å². The van der Waals surface area contributed by atoms with Crippen LogP contribution in [-0.2, 0) is 9.59 Å². The Morgan fingerprint density at radius 1 is 0.964 bits per heavy atom. The topological polar surface area (TPSA) is 52.6 Å². The van der Waals surface area contributed by atoms with Crippen molar-refractivity contribution < 1.29 is 9.59 Å². The average molecular weight is 384 g/mol. The number of carbonyl (C=O) groups excluding carboxylic acids is 2. The lowest BCUT2D eigenvalue weighted by atomic mass is 9.95. The number of amides is 2. The van der Waals surface area contributed by atoms with Gasteiger partial charge in [-0.3, -0.25) is 9.59 Å². The summed E-state index contributed by atoms with van der Waals surface area (Å²) in [7, 11) is 0. The van der Waals surface area contributed by atoms with Gasteiger partial charge in [0.25, 0.3) is 0 Å². The maximum Gasteiger partial charge on any atom is 0.227 e. The Morgan fingerprint density at radius 2 is 1.61 bits per heavy atom. The smallest absolute Gasteiger partial charge is 0.227 e. The first kappa shape index (κ1) is 19.3. The molecule has 2 heterocycles. The quantitative estimate of drug-likeness (QED) is 0.862. The zero-order chi connectivity index (χ0) is 19.5. The minimum absolute atomic E-state index is 0.0572. The van der Waals surface area contributed by atoms with E-state index in [1.54, 1.807) is 4.90 Å². The standard InChI is InChI=1S/C23H33N3O2/c1-17-11-13-25(14-12-17)20-7-9-21(10-8-20)26-16-18(15-22(26)27)23(28)24-19-5-3-2-4-6-19/h7-10,17-19H,2-6,11-16H2,1H3,(H,24,28). The van der Waals surface area contributed by atoms with Gasteiger partial charge in [0.15, 0.2) is 0 Å². The molecule has 1 atom stereocenters. The number of benzene rings is 1. The lowest BCUT2D eigenvalue weighted by molar-refractivity contribution is -0.127. The highest BCUT2D eigenvalue weighted by Crippen LogP contribution is 2.29. The minimum Gasteiger partial charge on any atom is -0.372 e. The van der Waals surface area contributed by atoms with E-state index in [-0.39, 0.29) is 17.7 Å². The highest BCUT2D eigenvalue weighted by atomic mass is 16.2. The highest BCUT2D eigenvalue weighted by Gasteiger charge is 2.36. The molecule has 2 aliphatic heterocycles. The SMILES string of the molecule is CC1CCN(c2ccc(N3CC(C(=O)NC4CCCCC4)CC3=O)cc2)CC1. The molecular formula is C23H33N3O2. The van der Waals surface area contributed by atoms with E-state index in [2.05, 4.69) is 29.3 Å². The van der Waals surface area contributed by atoms with Crippen LogP contribution in [0.1, 0.15) is 58.3 Å². The molecule has 1 aliphatic carbocycles. The van der Waals surface area contributed by atoms with Crippen LogP contribution in [0.3, 0.4) is 0 Å². The Kier molecular flexibility index (Phi) is 5.88. The van der Waals surface area contributed by atoms with E-state index in [9.17, 15) is 9.59 Å². The van der Waals surface area contributed by atoms with E-state index in [0.29, 0.717) is 19.0 Å². The van der Waals surface area contributed by atoms with Crippen LogP contribution in [0.2, 0.25) is 0 Å². The van der Waals surface area contributed by atoms with Crippen LogP contribution < -0.4 is 15.1 Å². The fraction of sp³-hybridized carbons (Fsp3) is 0.652. The van der Waals surface area contributed by atoms with Gasteiger partial charge in [-0.1, -0.05) is 26.2 Å². The summed E-state index contributed by atoms with van der Waals surface area (Å²) in [6.07, 6.45) is 8.62. The Morgan fingerprint density at radius 3 is 2.29 bits per heavy atom. The molecule has 1 N–H and O–H groups in total. The molecule has 1 unspecified atom stereocenters.